The third kappa shape index (κ3) is 8.46. The van der Waals surface area contributed by atoms with Crippen LogP contribution < -0.4 is 5.11 Å². The Morgan fingerprint density at radius 3 is 2.00 bits per heavy atom. The molecular weight excluding hydrogens is 188 g/mol. The van der Waals surface area contributed by atoms with Crippen molar-refractivity contribution in [1.29, 1.82) is 0 Å². The van der Waals surface area contributed by atoms with Crippen LogP contribution >= 0.6 is 0 Å². The second-order valence-electron chi connectivity index (χ2n) is 4.36. The summed E-state index contributed by atoms with van der Waals surface area (Å²) in [4.78, 5) is 10.8. The molecule has 0 aliphatic heterocycles. The number of carbonyl (C=O) groups is 1. The van der Waals surface area contributed by atoms with Gasteiger partial charge in [-0.05, 0) is 18.8 Å². The summed E-state index contributed by atoms with van der Waals surface area (Å²) in [6.07, 6.45) is 9.65. The normalized spacial score (nSPS) is 12.7. The molecule has 0 heterocycles. The molecule has 1 atom stereocenters. The van der Waals surface area contributed by atoms with Crippen LogP contribution in [0.4, 0.5) is 0 Å². The number of unbranched alkanes of at least 4 members (excludes halogenated alkanes) is 5. The topological polar surface area (TPSA) is 40.1 Å². The van der Waals surface area contributed by atoms with Crippen molar-refractivity contribution in [2.45, 2.75) is 71.6 Å². The maximum atomic E-state index is 10.8. The molecule has 0 aromatic carbocycles. The zero-order valence-electron chi connectivity index (χ0n) is 10.3. The minimum Gasteiger partial charge on any atom is -0.550 e. The molecule has 90 valence electrons. The predicted molar refractivity (Wildman–Crippen MR) is 61.4 cm³/mol. The summed E-state index contributed by atoms with van der Waals surface area (Å²) in [5.41, 5.74) is 0. The van der Waals surface area contributed by atoms with E-state index in [2.05, 4.69) is 13.8 Å². The largest absolute Gasteiger partial charge is 0.550 e. The van der Waals surface area contributed by atoms with Gasteiger partial charge in [0.25, 0.3) is 0 Å². The number of aliphatic carboxylic acids is 1. The number of rotatable bonds is 10. The fourth-order valence-electron chi connectivity index (χ4n) is 1.82. The van der Waals surface area contributed by atoms with Gasteiger partial charge >= 0.3 is 0 Å². The van der Waals surface area contributed by atoms with E-state index in [4.69, 9.17) is 0 Å². The Bertz CT molecular complexity index is 155. The summed E-state index contributed by atoms with van der Waals surface area (Å²) < 4.78 is 0. The Morgan fingerprint density at radius 1 is 0.933 bits per heavy atom. The highest BCUT2D eigenvalue weighted by Gasteiger charge is 2.08. The van der Waals surface area contributed by atoms with Gasteiger partial charge in [-0.2, -0.15) is 0 Å². The molecule has 0 aromatic heterocycles. The van der Waals surface area contributed by atoms with Crippen LogP contribution in [0.25, 0.3) is 0 Å². The minimum absolute atomic E-state index is 0.202. The van der Waals surface area contributed by atoms with Crippen molar-refractivity contribution in [3.8, 4) is 0 Å². The lowest BCUT2D eigenvalue weighted by atomic mass is 9.95. The van der Waals surface area contributed by atoms with Gasteiger partial charge in [-0.3, -0.25) is 0 Å². The average molecular weight is 213 g/mol. The van der Waals surface area contributed by atoms with Gasteiger partial charge in [0.05, 0.1) is 0 Å². The Balaban J connectivity index is 3.53. The molecule has 0 spiro atoms. The Kier molecular flexibility index (Phi) is 9.65. The van der Waals surface area contributed by atoms with E-state index in [9.17, 15) is 9.90 Å². The lowest BCUT2D eigenvalue weighted by molar-refractivity contribution is -0.312. The van der Waals surface area contributed by atoms with E-state index >= 15 is 0 Å². The Morgan fingerprint density at radius 2 is 1.47 bits per heavy atom. The lowest BCUT2D eigenvalue weighted by Crippen LogP contribution is -2.31. The van der Waals surface area contributed by atoms with E-state index in [-0.39, 0.29) is 5.92 Å². The van der Waals surface area contributed by atoms with Crippen LogP contribution in [0.3, 0.4) is 0 Å². The molecule has 0 amide bonds. The first-order chi connectivity index (χ1) is 7.22. The van der Waals surface area contributed by atoms with Gasteiger partial charge in [-0.25, -0.2) is 0 Å². The highest BCUT2D eigenvalue weighted by Crippen LogP contribution is 2.16. The molecule has 0 aliphatic carbocycles. The van der Waals surface area contributed by atoms with E-state index in [1.165, 1.54) is 25.7 Å². The quantitative estimate of drug-likeness (QED) is 0.523. The van der Waals surface area contributed by atoms with Crippen molar-refractivity contribution >= 4 is 5.97 Å². The number of hydrogen-bond acceptors (Lipinski definition) is 2. The van der Waals surface area contributed by atoms with Crippen LogP contribution in [0.2, 0.25) is 0 Å². The van der Waals surface area contributed by atoms with Crippen LogP contribution in [0.5, 0.6) is 0 Å². The third-order valence-electron chi connectivity index (χ3n) is 2.90. The van der Waals surface area contributed by atoms with E-state index in [1.54, 1.807) is 0 Å². The molecule has 0 fully saturated rings. The van der Waals surface area contributed by atoms with Crippen LogP contribution in [-0.4, -0.2) is 5.97 Å². The van der Waals surface area contributed by atoms with Crippen molar-refractivity contribution in [1.82, 2.24) is 0 Å². The van der Waals surface area contributed by atoms with Crippen LogP contribution in [0.1, 0.15) is 71.6 Å². The first-order valence-electron chi connectivity index (χ1n) is 6.43. The third-order valence-corrected chi connectivity index (χ3v) is 2.90. The SMILES string of the molecule is CCCCCCCC(CCCC)C(=O)[O-]. The number of hydrogen-bond donors (Lipinski definition) is 0. The molecule has 0 N–H and O–H groups in total. The molecule has 0 rings (SSSR count). The summed E-state index contributed by atoms with van der Waals surface area (Å²) in [7, 11) is 0. The summed E-state index contributed by atoms with van der Waals surface area (Å²) in [6.45, 7) is 4.28. The van der Waals surface area contributed by atoms with Gasteiger partial charge in [0.1, 0.15) is 0 Å². The Labute approximate surface area is 94.1 Å². The van der Waals surface area contributed by atoms with Crippen molar-refractivity contribution in [3.63, 3.8) is 0 Å². The molecule has 2 nitrogen and oxygen atoms in total. The maximum Gasteiger partial charge on any atom is 0.0445 e. The highest BCUT2D eigenvalue weighted by atomic mass is 16.4. The molecule has 1 unspecified atom stereocenters. The molecule has 0 saturated heterocycles. The van der Waals surface area contributed by atoms with Gasteiger partial charge in [0, 0.05) is 5.97 Å². The Hall–Kier alpha value is -0.530. The number of carboxylic acid groups (broad SMARTS) is 1. The zero-order valence-corrected chi connectivity index (χ0v) is 10.3. The molecule has 15 heavy (non-hydrogen) atoms. The van der Waals surface area contributed by atoms with Crippen molar-refractivity contribution in [3.05, 3.63) is 0 Å². The zero-order chi connectivity index (χ0) is 11.5. The van der Waals surface area contributed by atoms with E-state index < -0.39 is 5.97 Å². The fraction of sp³-hybridized carbons (Fsp3) is 0.923. The van der Waals surface area contributed by atoms with Gasteiger partial charge in [-0.1, -0.05) is 58.8 Å². The van der Waals surface area contributed by atoms with Crippen LogP contribution in [0, 0.1) is 5.92 Å². The minimum atomic E-state index is -0.848. The first kappa shape index (κ1) is 14.5. The van der Waals surface area contributed by atoms with Crippen LogP contribution in [0.15, 0.2) is 0 Å². The van der Waals surface area contributed by atoms with Crippen molar-refractivity contribution < 1.29 is 9.90 Å². The first-order valence-corrected chi connectivity index (χ1v) is 6.43. The molecule has 0 bridgehead atoms. The van der Waals surface area contributed by atoms with Gasteiger partial charge < -0.3 is 9.90 Å². The molecular formula is C13H25O2-. The second kappa shape index (κ2) is 10.0. The second-order valence-corrected chi connectivity index (χ2v) is 4.36. The average Bonchev–Trinajstić information content (AvgIpc) is 2.21. The lowest BCUT2D eigenvalue weighted by Gasteiger charge is -2.17. The van der Waals surface area contributed by atoms with Crippen LogP contribution in [-0.2, 0) is 4.79 Å². The standard InChI is InChI=1S/C13H26O2/c1-3-5-7-8-9-11-12(13(14)15)10-6-4-2/h12H,3-11H2,1-2H3,(H,14,15)/p-1. The van der Waals surface area contributed by atoms with E-state index in [1.807, 2.05) is 0 Å². The smallest absolute Gasteiger partial charge is 0.0445 e. The molecule has 2 heteroatoms. The number of carbonyl (C=O) groups excluding carboxylic acids is 1. The number of carboxylic acids is 1. The molecule has 0 aromatic rings. The maximum absolute atomic E-state index is 10.8. The molecule has 0 radical (unpaired) electrons. The van der Waals surface area contributed by atoms with Gasteiger partial charge in [0.2, 0.25) is 0 Å². The highest BCUT2D eigenvalue weighted by molar-refractivity contribution is 5.67. The summed E-state index contributed by atoms with van der Waals surface area (Å²) in [6, 6.07) is 0. The van der Waals surface area contributed by atoms with Crippen molar-refractivity contribution in [2.75, 3.05) is 0 Å². The monoisotopic (exact) mass is 213 g/mol. The fourth-order valence-corrected chi connectivity index (χ4v) is 1.82. The van der Waals surface area contributed by atoms with Gasteiger partial charge in [0.15, 0.2) is 0 Å². The summed E-state index contributed by atoms with van der Waals surface area (Å²) in [5.74, 6) is -1.05. The summed E-state index contributed by atoms with van der Waals surface area (Å²) in [5, 5.41) is 10.8. The van der Waals surface area contributed by atoms with E-state index in [0.29, 0.717) is 0 Å². The van der Waals surface area contributed by atoms with Gasteiger partial charge in [-0.15, -0.1) is 0 Å². The molecule has 0 aliphatic rings. The van der Waals surface area contributed by atoms with E-state index in [0.717, 1.165) is 32.1 Å². The predicted octanol–water partition coefficient (Wildman–Crippen LogP) is 2.90. The van der Waals surface area contributed by atoms with Crippen molar-refractivity contribution in [2.24, 2.45) is 5.92 Å². The summed E-state index contributed by atoms with van der Waals surface area (Å²) >= 11 is 0. The molecule has 0 saturated carbocycles.